The Morgan fingerprint density at radius 3 is 1.97 bits per heavy atom. The summed E-state index contributed by atoms with van der Waals surface area (Å²) in [4.78, 5) is 25.3. The molecule has 4 nitrogen and oxygen atoms in total. The van der Waals surface area contributed by atoms with E-state index in [4.69, 9.17) is 0 Å². The molecule has 0 saturated heterocycles. The van der Waals surface area contributed by atoms with E-state index in [0.29, 0.717) is 11.1 Å². The molecule has 0 heterocycles. The van der Waals surface area contributed by atoms with Crippen molar-refractivity contribution in [2.75, 3.05) is 0 Å². The van der Waals surface area contributed by atoms with Crippen molar-refractivity contribution >= 4 is 11.9 Å². The number of hydrogen-bond acceptors (Lipinski definition) is 2. The Balaban J connectivity index is 2.17. The van der Waals surface area contributed by atoms with Crippen LogP contribution >= 0.6 is 0 Å². The molecule has 3 rings (SSSR count). The molecular weight excluding hydrogens is 388 g/mol. The third-order valence-electron chi connectivity index (χ3n) is 6.63. The van der Waals surface area contributed by atoms with Gasteiger partial charge in [-0.2, -0.15) is 0 Å². The van der Waals surface area contributed by atoms with Gasteiger partial charge in [0, 0.05) is 0 Å². The van der Waals surface area contributed by atoms with Crippen LogP contribution in [0.1, 0.15) is 87.5 Å². The first kappa shape index (κ1) is 23.1. The van der Waals surface area contributed by atoms with Crippen molar-refractivity contribution in [1.82, 2.24) is 0 Å². The molecule has 1 aliphatic carbocycles. The third kappa shape index (κ3) is 4.13. The van der Waals surface area contributed by atoms with Crippen LogP contribution in [-0.2, 0) is 27.8 Å². The molecule has 2 aromatic carbocycles. The van der Waals surface area contributed by atoms with Gasteiger partial charge >= 0.3 is 11.9 Å². The molecular formula is C27H34O4. The molecule has 0 radical (unpaired) electrons. The molecule has 0 spiro atoms. The first-order chi connectivity index (χ1) is 15.0. The molecule has 0 atom stereocenters. The Bertz CT molecular complexity index is 930. The van der Waals surface area contributed by atoms with E-state index in [-0.39, 0.29) is 0 Å². The molecule has 1 aliphatic rings. The number of aryl methyl sites for hydroxylation is 1. The highest BCUT2D eigenvalue weighted by atomic mass is 16.4. The molecule has 0 saturated carbocycles. The average Bonchev–Trinajstić information content (AvgIpc) is 3.07. The van der Waals surface area contributed by atoms with Crippen molar-refractivity contribution in [1.29, 1.82) is 0 Å². The zero-order chi connectivity index (χ0) is 22.4. The smallest absolute Gasteiger partial charge is 0.330 e. The van der Waals surface area contributed by atoms with Gasteiger partial charge in [0.05, 0.1) is 0 Å². The summed E-state index contributed by atoms with van der Waals surface area (Å²) in [5.41, 5.74) is 2.40. The fourth-order valence-corrected chi connectivity index (χ4v) is 5.05. The summed E-state index contributed by atoms with van der Waals surface area (Å²) in [5, 5.41) is 20.6. The number of hydrogen-bond donors (Lipinski definition) is 2. The summed E-state index contributed by atoms with van der Waals surface area (Å²) >= 11 is 0. The fraction of sp³-hybridized carbons (Fsp3) is 0.481. The summed E-state index contributed by atoms with van der Waals surface area (Å²) in [6.45, 7) is 4.34. The van der Waals surface area contributed by atoms with Crippen molar-refractivity contribution < 1.29 is 19.8 Å². The van der Waals surface area contributed by atoms with Crippen molar-refractivity contribution in [3.63, 3.8) is 0 Å². The first-order valence-corrected chi connectivity index (χ1v) is 11.7. The van der Waals surface area contributed by atoms with E-state index in [0.717, 1.165) is 80.0 Å². The summed E-state index contributed by atoms with van der Waals surface area (Å²) < 4.78 is 0. The van der Waals surface area contributed by atoms with Gasteiger partial charge in [0.15, 0.2) is 0 Å². The van der Waals surface area contributed by atoms with Crippen LogP contribution in [0.15, 0.2) is 36.4 Å². The standard InChI is InChI=1S/C27H34O4/c1-3-5-7-9-13-19-17-18-22-21-15-11-12-16-23(21)27(25(28)29,26(30)31)24(22)20(19)14-10-8-6-4-2/h11-12,15-18H,3-10,13-14H2,1-2H3,(H,28,29)(H,30,31). The van der Waals surface area contributed by atoms with Gasteiger partial charge in [0.1, 0.15) is 0 Å². The Morgan fingerprint density at radius 1 is 0.742 bits per heavy atom. The number of carboxylic acid groups (broad SMARTS) is 2. The summed E-state index contributed by atoms with van der Waals surface area (Å²) in [6.07, 6.45) is 10.3. The molecule has 0 fully saturated rings. The van der Waals surface area contributed by atoms with Crippen LogP contribution in [0.5, 0.6) is 0 Å². The van der Waals surface area contributed by atoms with E-state index >= 15 is 0 Å². The van der Waals surface area contributed by atoms with E-state index in [1.807, 2.05) is 18.2 Å². The van der Waals surface area contributed by atoms with E-state index in [1.54, 1.807) is 12.1 Å². The predicted octanol–water partition coefficient (Wildman–Crippen LogP) is 6.37. The minimum atomic E-state index is -2.04. The lowest BCUT2D eigenvalue weighted by Crippen LogP contribution is -2.44. The van der Waals surface area contributed by atoms with Crippen molar-refractivity contribution in [3.8, 4) is 11.1 Å². The molecule has 0 aromatic heterocycles. The van der Waals surface area contributed by atoms with Crippen LogP contribution in [-0.4, -0.2) is 22.2 Å². The Morgan fingerprint density at radius 2 is 1.35 bits per heavy atom. The minimum absolute atomic E-state index is 0.378. The average molecular weight is 423 g/mol. The topological polar surface area (TPSA) is 74.6 Å². The van der Waals surface area contributed by atoms with Gasteiger partial charge in [-0.15, -0.1) is 0 Å². The molecule has 2 aromatic rings. The molecule has 0 unspecified atom stereocenters. The summed E-state index contributed by atoms with van der Waals surface area (Å²) in [7, 11) is 0. The van der Waals surface area contributed by atoms with Crippen molar-refractivity contribution in [2.24, 2.45) is 0 Å². The van der Waals surface area contributed by atoms with Crippen molar-refractivity contribution in [3.05, 3.63) is 58.7 Å². The number of rotatable bonds is 12. The number of carboxylic acids is 2. The monoisotopic (exact) mass is 422 g/mol. The zero-order valence-corrected chi connectivity index (χ0v) is 18.7. The number of benzene rings is 2. The summed E-state index contributed by atoms with van der Waals surface area (Å²) in [6, 6.07) is 11.2. The van der Waals surface area contributed by atoms with Gasteiger partial charge in [-0.1, -0.05) is 88.8 Å². The van der Waals surface area contributed by atoms with Gasteiger partial charge in [-0.05, 0) is 59.1 Å². The Hall–Kier alpha value is -2.62. The molecule has 166 valence electrons. The maximum absolute atomic E-state index is 12.6. The Labute approximate surface area is 185 Å². The first-order valence-electron chi connectivity index (χ1n) is 11.7. The lowest BCUT2D eigenvalue weighted by molar-refractivity contribution is -0.155. The Kier molecular flexibility index (Phi) is 7.53. The van der Waals surface area contributed by atoms with Crippen LogP contribution < -0.4 is 0 Å². The number of carbonyl (C=O) groups is 2. The molecule has 2 N–H and O–H groups in total. The second-order valence-corrected chi connectivity index (χ2v) is 8.65. The van der Waals surface area contributed by atoms with Crippen LogP contribution in [0.25, 0.3) is 11.1 Å². The maximum atomic E-state index is 12.6. The lowest BCUT2D eigenvalue weighted by atomic mass is 9.74. The number of fused-ring (bicyclic) bond motifs is 3. The minimum Gasteiger partial charge on any atom is -0.480 e. The highest BCUT2D eigenvalue weighted by Gasteiger charge is 2.57. The number of aliphatic carboxylic acids is 2. The van der Waals surface area contributed by atoms with Crippen LogP contribution in [0, 0.1) is 0 Å². The molecule has 0 amide bonds. The van der Waals surface area contributed by atoms with Gasteiger partial charge in [-0.3, -0.25) is 9.59 Å². The predicted molar refractivity (Wildman–Crippen MR) is 124 cm³/mol. The van der Waals surface area contributed by atoms with Gasteiger partial charge < -0.3 is 10.2 Å². The molecule has 31 heavy (non-hydrogen) atoms. The largest absolute Gasteiger partial charge is 0.480 e. The van der Waals surface area contributed by atoms with E-state index in [2.05, 4.69) is 19.9 Å². The second kappa shape index (κ2) is 10.1. The fourth-order valence-electron chi connectivity index (χ4n) is 5.05. The highest BCUT2D eigenvalue weighted by Crippen LogP contribution is 2.52. The maximum Gasteiger partial charge on any atom is 0.330 e. The van der Waals surface area contributed by atoms with Gasteiger partial charge in [-0.25, -0.2) is 0 Å². The van der Waals surface area contributed by atoms with Gasteiger partial charge in [0.2, 0.25) is 5.41 Å². The van der Waals surface area contributed by atoms with Crippen molar-refractivity contribution in [2.45, 2.75) is 83.5 Å². The molecule has 0 bridgehead atoms. The molecule has 0 aliphatic heterocycles. The second-order valence-electron chi connectivity index (χ2n) is 8.65. The van der Waals surface area contributed by atoms with Gasteiger partial charge in [0.25, 0.3) is 0 Å². The van der Waals surface area contributed by atoms with Crippen LogP contribution in [0.3, 0.4) is 0 Å². The normalized spacial score (nSPS) is 13.6. The van der Waals surface area contributed by atoms with Crippen LogP contribution in [0.4, 0.5) is 0 Å². The summed E-state index contributed by atoms with van der Waals surface area (Å²) in [5.74, 6) is -2.60. The SMILES string of the molecule is CCCCCCc1ccc2c(c1CCCCCC)C(C(=O)O)(C(=O)O)c1ccccc1-2. The zero-order valence-electron chi connectivity index (χ0n) is 18.7. The van der Waals surface area contributed by atoms with E-state index < -0.39 is 17.4 Å². The quantitative estimate of drug-likeness (QED) is 0.308. The molecule has 4 heteroatoms. The van der Waals surface area contributed by atoms with E-state index in [9.17, 15) is 19.8 Å². The van der Waals surface area contributed by atoms with E-state index in [1.165, 1.54) is 6.42 Å². The van der Waals surface area contributed by atoms with Crippen LogP contribution in [0.2, 0.25) is 0 Å². The third-order valence-corrected chi connectivity index (χ3v) is 6.63. The highest BCUT2D eigenvalue weighted by molar-refractivity contribution is 6.14. The lowest BCUT2D eigenvalue weighted by Gasteiger charge is -2.26. The number of unbranched alkanes of at least 4 members (excludes halogenated alkanes) is 6.